The van der Waals surface area contributed by atoms with Gasteiger partial charge in [-0.05, 0) is 66.5 Å². The molecule has 7 heteroatoms. The Hall–Kier alpha value is -1.27. The van der Waals surface area contributed by atoms with Crippen molar-refractivity contribution in [3.05, 3.63) is 50.6 Å². The Morgan fingerprint density at radius 3 is 2.63 bits per heavy atom. The van der Waals surface area contributed by atoms with E-state index >= 15 is 0 Å². The van der Waals surface area contributed by atoms with Crippen molar-refractivity contribution >= 4 is 40.4 Å². The lowest BCUT2D eigenvalue weighted by Gasteiger charge is -2.30. The number of nitrogens with zero attached hydrogens (tertiary/aromatic N) is 1. The summed E-state index contributed by atoms with van der Waals surface area (Å²) in [4.78, 5) is 14.8. The first-order valence-electron chi connectivity index (χ1n) is 9.24. The molecule has 1 saturated heterocycles. The summed E-state index contributed by atoms with van der Waals surface area (Å²) in [7, 11) is 0. The third kappa shape index (κ3) is 6.11. The van der Waals surface area contributed by atoms with Crippen LogP contribution in [0.4, 0.5) is 0 Å². The summed E-state index contributed by atoms with van der Waals surface area (Å²) in [6, 6.07) is 7.31. The Morgan fingerprint density at radius 1 is 1.19 bits per heavy atom. The van der Waals surface area contributed by atoms with E-state index in [0.29, 0.717) is 22.3 Å². The first kappa shape index (κ1) is 20.5. The van der Waals surface area contributed by atoms with Gasteiger partial charge < -0.3 is 10.1 Å². The average Bonchev–Trinajstić information content (AvgIpc) is 3.04. The molecule has 0 bridgehead atoms. The molecule has 2 heterocycles. The SMILES string of the molecule is O=C(COc1ccc(Cl)cc1Cl)NC[C@@H](c1ccsc1)N1CCCCCC1. The molecule has 0 aliphatic carbocycles. The van der Waals surface area contributed by atoms with Gasteiger partial charge in [-0.2, -0.15) is 11.3 Å². The van der Waals surface area contributed by atoms with E-state index in [9.17, 15) is 4.79 Å². The molecule has 2 aromatic rings. The Balaban J connectivity index is 1.55. The van der Waals surface area contributed by atoms with Gasteiger partial charge in [0, 0.05) is 11.6 Å². The number of amides is 1. The molecule has 1 aliphatic heterocycles. The summed E-state index contributed by atoms with van der Waals surface area (Å²) in [5.41, 5.74) is 1.27. The molecule has 0 unspecified atom stereocenters. The standard InChI is InChI=1S/C20H24Cl2N2O2S/c21-16-5-6-19(17(22)11-16)26-13-20(25)23-12-18(15-7-10-27-14-15)24-8-3-1-2-4-9-24/h5-7,10-11,14,18H,1-4,8-9,12-13H2,(H,23,25)/t18-/m0/s1. The fourth-order valence-corrected chi connectivity index (χ4v) is 4.50. The van der Waals surface area contributed by atoms with Gasteiger partial charge in [-0.3, -0.25) is 9.69 Å². The minimum atomic E-state index is -0.156. The molecule has 1 aromatic carbocycles. The van der Waals surface area contributed by atoms with E-state index in [0.717, 1.165) is 13.1 Å². The number of hydrogen-bond donors (Lipinski definition) is 1. The summed E-state index contributed by atoms with van der Waals surface area (Å²) in [6.07, 6.45) is 5.00. The van der Waals surface area contributed by atoms with Gasteiger partial charge in [-0.25, -0.2) is 0 Å². The van der Waals surface area contributed by atoms with E-state index in [1.165, 1.54) is 31.2 Å². The lowest BCUT2D eigenvalue weighted by Crippen LogP contribution is -2.40. The predicted molar refractivity (Wildman–Crippen MR) is 112 cm³/mol. The van der Waals surface area contributed by atoms with E-state index in [1.807, 2.05) is 0 Å². The topological polar surface area (TPSA) is 41.6 Å². The molecular formula is C20H24Cl2N2O2S. The summed E-state index contributed by atoms with van der Waals surface area (Å²) >= 11 is 13.6. The first-order chi connectivity index (χ1) is 13.1. The number of carbonyl (C=O) groups excluding carboxylic acids is 1. The van der Waals surface area contributed by atoms with Crippen LogP contribution in [0.2, 0.25) is 10.0 Å². The normalized spacial score (nSPS) is 16.5. The maximum absolute atomic E-state index is 12.3. The first-order valence-corrected chi connectivity index (χ1v) is 10.9. The maximum Gasteiger partial charge on any atom is 0.258 e. The molecule has 1 aromatic heterocycles. The van der Waals surface area contributed by atoms with Crippen molar-refractivity contribution in [2.24, 2.45) is 0 Å². The molecule has 146 valence electrons. The molecule has 0 radical (unpaired) electrons. The van der Waals surface area contributed by atoms with Crippen LogP contribution in [-0.4, -0.2) is 37.0 Å². The Morgan fingerprint density at radius 2 is 1.96 bits per heavy atom. The van der Waals surface area contributed by atoms with E-state index in [4.69, 9.17) is 27.9 Å². The maximum atomic E-state index is 12.3. The number of carbonyl (C=O) groups is 1. The zero-order valence-electron chi connectivity index (χ0n) is 15.1. The lowest BCUT2D eigenvalue weighted by molar-refractivity contribution is -0.123. The lowest BCUT2D eigenvalue weighted by atomic mass is 10.1. The second-order valence-corrected chi connectivity index (χ2v) is 8.31. The largest absolute Gasteiger partial charge is 0.482 e. The number of ether oxygens (including phenoxy) is 1. The number of rotatable bonds is 7. The molecule has 1 amide bonds. The van der Waals surface area contributed by atoms with Crippen LogP contribution in [-0.2, 0) is 4.79 Å². The highest BCUT2D eigenvalue weighted by Crippen LogP contribution is 2.28. The van der Waals surface area contributed by atoms with Crippen molar-refractivity contribution in [3.8, 4) is 5.75 Å². The minimum absolute atomic E-state index is 0.0717. The van der Waals surface area contributed by atoms with Crippen molar-refractivity contribution in [2.75, 3.05) is 26.2 Å². The Bertz CT molecular complexity index is 732. The highest BCUT2D eigenvalue weighted by atomic mass is 35.5. The quantitative estimate of drug-likeness (QED) is 0.663. The number of benzene rings is 1. The van der Waals surface area contributed by atoms with Crippen LogP contribution in [0.1, 0.15) is 37.3 Å². The molecule has 1 atom stereocenters. The van der Waals surface area contributed by atoms with Crippen LogP contribution in [0.15, 0.2) is 35.0 Å². The molecule has 3 rings (SSSR count). The predicted octanol–water partition coefficient (Wildman–Crippen LogP) is 5.17. The molecule has 1 aliphatic rings. The molecule has 1 N–H and O–H groups in total. The average molecular weight is 427 g/mol. The van der Waals surface area contributed by atoms with Crippen LogP contribution in [0.25, 0.3) is 0 Å². The molecular weight excluding hydrogens is 403 g/mol. The highest BCUT2D eigenvalue weighted by molar-refractivity contribution is 7.08. The van der Waals surface area contributed by atoms with E-state index in [2.05, 4.69) is 27.0 Å². The second-order valence-electron chi connectivity index (χ2n) is 6.69. The van der Waals surface area contributed by atoms with Crippen molar-refractivity contribution in [2.45, 2.75) is 31.7 Å². The molecule has 27 heavy (non-hydrogen) atoms. The molecule has 1 fully saturated rings. The highest BCUT2D eigenvalue weighted by Gasteiger charge is 2.22. The third-order valence-electron chi connectivity index (χ3n) is 4.75. The third-order valence-corrected chi connectivity index (χ3v) is 5.99. The van der Waals surface area contributed by atoms with E-state index in [1.54, 1.807) is 29.5 Å². The van der Waals surface area contributed by atoms with Crippen molar-refractivity contribution in [1.82, 2.24) is 10.2 Å². The van der Waals surface area contributed by atoms with Gasteiger partial charge >= 0.3 is 0 Å². The second kappa shape index (κ2) is 10.3. The summed E-state index contributed by atoms with van der Waals surface area (Å²) in [6.45, 7) is 2.66. The van der Waals surface area contributed by atoms with Gasteiger partial charge in [0.25, 0.3) is 5.91 Å². The smallest absolute Gasteiger partial charge is 0.258 e. The number of likely N-dealkylation sites (tertiary alicyclic amines) is 1. The zero-order valence-corrected chi connectivity index (χ0v) is 17.5. The van der Waals surface area contributed by atoms with Crippen LogP contribution < -0.4 is 10.1 Å². The fourth-order valence-electron chi connectivity index (χ4n) is 3.33. The van der Waals surface area contributed by atoms with Gasteiger partial charge in [-0.15, -0.1) is 0 Å². The van der Waals surface area contributed by atoms with Gasteiger partial charge in [0.15, 0.2) is 6.61 Å². The fraction of sp³-hybridized carbons (Fsp3) is 0.450. The van der Waals surface area contributed by atoms with Crippen LogP contribution in [0.3, 0.4) is 0 Å². The summed E-state index contributed by atoms with van der Waals surface area (Å²) in [5, 5.41) is 8.22. The number of halogens is 2. The van der Waals surface area contributed by atoms with Gasteiger partial charge in [0.05, 0.1) is 11.1 Å². The van der Waals surface area contributed by atoms with Gasteiger partial charge in [0.2, 0.25) is 0 Å². The number of nitrogens with one attached hydrogen (secondary N) is 1. The zero-order chi connectivity index (χ0) is 19.1. The van der Waals surface area contributed by atoms with Crippen LogP contribution >= 0.6 is 34.5 Å². The molecule has 0 spiro atoms. The Labute approximate surface area is 174 Å². The monoisotopic (exact) mass is 426 g/mol. The van der Waals surface area contributed by atoms with Crippen LogP contribution in [0.5, 0.6) is 5.75 Å². The van der Waals surface area contributed by atoms with Crippen molar-refractivity contribution in [3.63, 3.8) is 0 Å². The van der Waals surface area contributed by atoms with Crippen molar-refractivity contribution in [1.29, 1.82) is 0 Å². The summed E-state index contributed by atoms with van der Waals surface area (Å²) < 4.78 is 5.53. The van der Waals surface area contributed by atoms with E-state index in [-0.39, 0.29) is 18.6 Å². The minimum Gasteiger partial charge on any atom is -0.482 e. The molecule has 0 saturated carbocycles. The van der Waals surface area contributed by atoms with Crippen LogP contribution in [0, 0.1) is 0 Å². The summed E-state index contributed by atoms with van der Waals surface area (Å²) in [5.74, 6) is 0.300. The number of hydrogen-bond acceptors (Lipinski definition) is 4. The molecule has 4 nitrogen and oxygen atoms in total. The van der Waals surface area contributed by atoms with Gasteiger partial charge in [0.1, 0.15) is 5.75 Å². The van der Waals surface area contributed by atoms with Crippen molar-refractivity contribution < 1.29 is 9.53 Å². The van der Waals surface area contributed by atoms with Gasteiger partial charge in [-0.1, -0.05) is 36.0 Å². The number of thiophene rings is 1. The van der Waals surface area contributed by atoms with E-state index < -0.39 is 0 Å². The Kier molecular flexibility index (Phi) is 7.82.